The molecule has 5 rings (SSSR count). The predicted molar refractivity (Wildman–Crippen MR) is 150 cm³/mol. The van der Waals surface area contributed by atoms with Crippen LogP contribution in [0.1, 0.15) is 41.8 Å². The van der Waals surface area contributed by atoms with Crippen molar-refractivity contribution >= 4 is 22.9 Å². The van der Waals surface area contributed by atoms with Gasteiger partial charge >= 0.3 is 5.97 Å². The first kappa shape index (κ1) is 26.3. The molecule has 1 aliphatic carbocycles. The quantitative estimate of drug-likeness (QED) is 0.311. The van der Waals surface area contributed by atoms with Gasteiger partial charge in [-0.2, -0.15) is 0 Å². The molecule has 2 heterocycles. The largest absolute Gasteiger partial charge is 0.490 e. The summed E-state index contributed by atoms with van der Waals surface area (Å²) in [5.74, 6) is 0.654. The Kier molecular flexibility index (Phi) is 7.58. The number of β-amino-alcohol motifs (C(OH)–C–C–N with tert-alkyl or cyclic N) is 1. The van der Waals surface area contributed by atoms with Crippen LogP contribution >= 0.6 is 0 Å². The van der Waals surface area contributed by atoms with Crippen LogP contribution in [0.2, 0.25) is 0 Å². The van der Waals surface area contributed by atoms with Crippen molar-refractivity contribution in [1.29, 1.82) is 0 Å². The second kappa shape index (κ2) is 11.2. The van der Waals surface area contributed by atoms with Gasteiger partial charge in [-0.1, -0.05) is 36.4 Å². The number of aliphatic hydroxyl groups excluding tert-OH is 1. The second-order valence-corrected chi connectivity index (χ2v) is 10.3. The van der Waals surface area contributed by atoms with Crippen LogP contribution in [0.3, 0.4) is 0 Å². The van der Waals surface area contributed by atoms with Crippen LogP contribution in [0.15, 0.2) is 89.8 Å². The summed E-state index contributed by atoms with van der Waals surface area (Å²) in [6, 6.07) is 18.7. The maximum atomic E-state index is 11.0. The van der Waals surface area contributed by atoms with Gasteiger partial charge in [-0.05, 0) is 56.2 Å². The van der Waals surface area contributed by atoms with Crippen molar-refractivity contribution < 1.29 is 24.5 Å². The van der Waals surface area contributed by atoms with Crippen LogP contribution in [-0.4, -0.2) is 51.7 Å². The van der Waals surface area contributed by atoms with Crippen molar-refractivity contribution in [2.75, 3.05) is 13.2 Å². The van der Waals surface area contributed by atoms with Crippen LogP contribution in [-0.2, 0) is 11.2 Å². The molecule has 1 aromatic heterocycles. The third-order valence-corrected chi connectivity index (χ3v) is 6.57. The molecule has 0 saturated carbocycles. The van der Waals surface area contributed by atoms with E-state index in [2.05, 4.69) is 30.2 Å². The predicted octanol–water partition coefficient (Wildman–Crippen LogP) is 5.32. The fourth-order valence-electron chi connectivity index (χ4n) is 4.62. The summed E-state index contributed by atoms with van der Waals surface area (Å²) in [6.07, 6.45) is 6.11. The second-order valence-electron chi connectivity index (χ2n) is 10.3. The van der Waals surface area contributed by atoms with Gasteiger partial charge in [0.15, 0.2) is 0 Å². The molecule has 0 spiro atoms. The number of para-hydroxylation sites is 1. The number of carboxylic acid groups (broad SMARTS) is 1. The number of ether oxygens (including phenoxy) is 2. The zero-order chi connectivity index (χ0) is 27.4. The van der Waals surface area contributed by atoms with Crippen LogP contribution in [0.25, 0.3) is 5.57 Å². The Hall–Kier alpha value is -4.27. The molecule has 39 heavy (non-hydrogen) atoms. The van der Waals surface area contributed by atoms with Crippen molar-refractivity contribution in [2.24, 2.45) is 4.99 Å². The van der Waals surface area contributed by atoms with Crippen molar-refractivity contribution in [3.05, 3.63) is 101 Å². The fraction of sp³-hybridized carbons (Fsp3) is 0.258. The normalized spacial score (nSPS) is 14.9. The van der Waals surface area contributed by atoms with E-state index in [1.165, 1.54) is 18.3 Å². The molecule has 0 fully saturated rings. The third kappa shape index (κ3) is 6.42. The van der Waals surface area contributed by atoms with E-state index in [-0.39, 0.29) is 17.7 Å². The van der Waals surface area contributed by atoms with Gasteiger partial charge < -0.3 is 25.0 Å². The maximum absolute atomic E-state index is 11.0. The molecular weight excluding hydrogens is 494 g/mol. The summed E-state index contributed by atoms with van der Waals surface area (Å²) >= 11 is 0. The number of rotatable bonds is 11. The highest BCUT2D eigenvalue weighted by atomic mass is 16.5. The molecule has 2 aromatic carbocycles. The van der Waals surface area contributed by atoms with E-state index in [1.807, 2.05) is 54.6 Å². The number of carboxylic acids is 1. The smallest absolute Gasteiger partial charge is 0.337 e. The lowest BCUT2D eigenvalue weighted by molar-refractivity contribution is 0.0696. The van der Waals surface area contributed by atoms with Gasteiger partial charge in [0.25, 0.3) is 0 Å². The number of aromatic carboxylic acids is 1. The molecule has 3 N–H and O–H groups in total. The zero-order valence-electron chi connectivity index (χ0n) is 21.9. The highest BCUT2D eigenvalue weighted by Crippen LogP contribution is 2.39. The highest BCUT2D eigenvalue weighted by Gasteiger charge is 2.26. The van der Waals surface area contributed by atoms with Crippen molar-refractivity contribution in [2.45, 2.75) is 38.3 Å². The van der Waals surface area contributed by atoms with E-state index in [0.717, 1.165) is 46.7 Å². The van der Waals surface area contributed by atoms with Crippen molar-refractivity contribution in [3.63, 3.8) is 0 Å². The number of hydrogen-bond donors (Lipinski definition) is 3. The van der Waals surface area contributed by atoms with Gasteiger partial charge in [-0.15, -0.1) is 0 Å². The van der Waals surface area contributed by atoms with Crippen molar-refractivity contribution in [1.82, 2.24) is 10.3 Å². The molecule has 0 saturated heterocycles. The molecule has 3 aromatic rings. The first-order valence-electron chi connectivity index (χ1n) is 12.9. The summed E-state index contributed by atoms with van der Waals surface area (Å²) in [6.45, 7) is 4.74. The van der Waals surface area contributed by atoms with Gasteiger partial charge in [0.05, 0.1) is 17.0 Å². The molecule has 1 atom stereocenters. The maximum Gasteiger partial charge on any atom is 0.337 e. The lowest BCUT2D eigenvalue weighted by Gasteiger charge is -2.28. The average molecular weight is 526 g/mol. The number of aromatic nitrogens is 1. The Morgan fingerprint density at radius 1 is 1.10 bits per heavy atom. The number of nitrogens with one attached hydrogen (secondary N) is 1. The Morgan fingerprint density at radius 2 is 1.90 bits per heavy atom. The third-order valence-electron chi connectivity index (χ3n) is 6.57. The monoisotopic (exact) mass is 525 g/mol. The van der Waals surface area contributed by atoms with Gasteiger partial charge in [0.1, 0.15) is 24.2 Å². The number of pyridine rings is 1. The molecule has 200 valence electrons. The minimum absolute atomic E-state index is 0.107. The molecule has 0 bridgehead atoms. The van der Waals surface area contributed by atoms with Crippen LogP contribution in [0.4, 0.5) is 5.69 Å². The van der Waals surface area contributed by atoms with Crippen LogP contribution in [0.5, 0.6) is 11.6 Å². The summed E-state index contributed by atoms with van der Waals surface area (Å²) in [5, 5.41) is 23.1. The number of allylic oxidation sites excluding steroid dienone is 3. The number of carbonyl (C=O) groups is 1. The van der Waals surface area contributed by atoms with Crippen LogP contribution < -0.4 is 10.1 Å². The first-order chi connectivity index (χ1) is 18.8. The molecular formula is C31H31N3O5. The lowest BCUT2D eigenvalue weighted by Crippen LogP contribution is -2.46. The van der Waals surface area contributed by atoms with E-state index in [1.54, 1.807) is 0 Å². The van der Waals surface area contributed by atoms with E-state index < -0.39 is 12.1 Å². The number of benzene rings is 2. The zero-order valence-corrected chi connectivity index (χ0v) is 21.9. The topological polar surface area (TPSA) is 113 Å². The first-order valence-corrected chi connectivity index (χ1v) is 12.9. The standard InChI is InChI=1S/C31H31N3O5/c1-31(2,16-20-10-13-23(14-11-20)39-28-15-12-21(17-32-28)30(36)37)33-18-22(35)19-38-27-9-5-8-26-29(27)24-6-3-4-7-25(24)34-26/h3-7,9-15,17,22,33,35H,8,16,18-19H2,1-2H3,(H,36,37)/t22-/m0/s1. The van der Waals surface area contributed by atoms with E-state index >= 15 is 0 Å². The Balaban J connectivity index is 1.11. The molecule has 2 aliphatic rings. The molecule has 0 radical (unpaired) electrons. The molecule has 0 amide bonds. The summed E-state index contributed by atoms with van der Waals surface area (Å²) in [5.41, 5.74) is 5.00. The summed E-state index contributed by atoms with van der Waals surface area (Å²) in [4.78, 5) is 19.7. The number of hydrogen-bond acceptors (Lipinski definition) is 7. The lowest BCUT2D eigenvalue weighted by atomic mass is 9.94. The minimum atomic E-state index is -1.03. The minimum Gasteiger partial charge on any atom is -0.490 e. The number of aliphatic imine (C=N–C) groups is 1. The van der Waals surface area contributed by atoms with E-state index in [4.69, 9.17) is 19.6 Å². The van der Waals surface area contributed by atoms with Crippen molar-refractivity contribution in [3.8, 4) is 11.6 Å². The van der Waals surface area contributed by atoms with Crippen LogP contribution in [0, 0.1) is 0 Å². The number of fused-ring (bicyclic) bond motifs is 3. The SMILES string of the molecule is CC(C)(Cc1ccc(Oc2ccc(C(=O)O)cn2)cc1)NC[C@H](O)COC1=C2C(=Nc3ccccc32)CC=C1. The molecule has 0 unspecified atom stereocenters. The summed E-state index contributed by atoms with van der Waals surface area (Å²) in [7, 11) is 0. The van der Waals surface area contributed by atoms with Gasteiger partial charge in [0.2, 0.25) is 5.88 Å². The molecule has 8 nitrogen and oxygen atoms in total. The Labute approximate surface area is 227 Å². The fourth-order valence-corrected chi connectivity index (χ4v) is 4.62. The number of nitrogens with zero attached hydrogens (tertiary/aromatic N) is 2. The highest BCUT2D eigenvalue weighted by molar-refractivity contribution is 6.30. The van der Waals surface area contributed by atoms with E-state index in [0.29, 0.717) is 18.2 Å². The van der Waals surface area contributed by atoms with Gasteiger partial charge in [0, 0.05) is 41.9 Å². The van der Waals surface area contributed by atoms with E-state index in [9.17, 15) is 9.90 Å². The Morgan fingerprint density at radius 3 is 2.64 bits per heavy atom. The average Bonchev–Trinajstić information content (AvgIpc) is 3.31. The Bertz CT molecular complexity index is 1440. The number of aliphatic hydroxyl groups is 1. The van der Waals surface area contributed by atoms with Gasteiger partial charge in [-0.3, -0.25) is 4.99 Å². The molecule has 8 heteroatoms. The molecule has 1 aliphatic heterocycles. The van der Waals surface area contributed by atoms with Gasteiger partial charge in [-0.25, -0.2) is 9.78 Å². The summed E-state index contributed by atoms with van der Waals surface area (Å²) < 4.78 is 11.8.